The number of methoxy groups -OCH3 is 1. The predicted octanol–water partition coefficient (Wildman–Crippen LogP) is 1.61. The van der Waals surface area contributed by atoms with Crippen molar-refractivity contribution >= 4 is 11.9 Å². The first-order valence-electron chi connectivity index (χ1n) is 10.8. The molecular weight excluding hydrogens is 366 g/mol. The number of amides is 1. The Morgan fingerprint density at radius 3 is 2.48 bits per heavy atom. The van der Waals surface area contributed by atoms with Crippen molar-refractivity contribution in [2.24, 2.45) is 4.99 Å². The smallest absolute Gasteiger partial charge is 0.219 e. The lowest BCUT2D eigenvalue weighted by molar-refractivity contribution is -0.130. The first kappa shape index (κ1) is 21.4. The summed E-state index contributed by atoms with van der Waals surface area (Å²) < 4.78 is 5.27. The van der Waals surface area contributed by atoms with E-state index in [1.54, 1.807) is 14.0 Å². The number of carbonyl (C=O) groups is 1. The lowest BCUT2D eigenvalue weighted by atomic mass is 9.98. The minimum atomic E-state index is 0.178. The van der Waals surface area contributed by atoms with Crippen molar-refractivity contribution in [2.75, 3.05) is 66.0 Å². The minimum absolute atomic E-state index is 0.178. The van der Waals surface area contributed by atoms with E-state index in [-0.39, 0.29) is 5.91 Å². The van der Waals surface area contributed by atoms with Gasteiger partial charge in [0, 0.05) is 65.2 Å². The number of likely N-dealkylation sites (tertiary alicyclic amines) is 1. The zero-order chi connectivity index (χ0) is 20.6. The number of benzene rings is 1. The van der Waals surface area contributed by atoms with Gasteiger partial charge in [0.1, 0.15) is 5.75 Å². The van der Waals surface area contributed by atoms with Crippen molar-refractivity contribution in [1.29, 1.82) is 0 Å². The Hall–Kier alpha value is -2.28. The SMILES string of the molecule is CCNC(=NCCN1CCN(C(C)=O)CC1)N1CCC(c2ccc(OC)cc2)C1. The predicted molar refractivity (Wildman–Crippen MR) is 117 cm³/mol. The van der Waals surface area contributed by atoms with Gasteiger partial charge in [0.25, 0.3) is 0 Å². The van der Waals surface area contributed by atoms with Crippen LogP contribution in [0.2, 0.25) is 0 Å². The second kappa shape index (κ2) is 10.5. The average molecular weight is 402 g/mol. The fourth-order valence-electron chi connectivity index (χ4n) is 4.11. The summed E-state index contributed by atoms with van der Waals surface area (Å²) in [6, 6.07) is 8.45. The van der Waals surface area contributed by atoms with Crippen LogP contribution in [0.3, 0.4) is 0 Å². The van der Waals surface area contributed by atoms with E-state index in [4.69, 9.17) is 9.73 Å². The topological polar surface area (TPSA) is 60.4 Å². The standard InChI is InChI=1S/C22H35N5O2/c1-4-23-22(24-10-12-25-13-15-26(16-14-25)18(2)28)27-11-9-20(17-27)19-5-7-21(29-3)8-6-19/h5-8,20H,4,9-17H2,1-3H3,(H,23,24). The molecule has 29 heavy (non-hydrogen) atoms. The van der Waals surface area contributed by atoms with E-state index < -0.39 is 0 Å². The van der Waals surface area contributed by atoms with Gasteiger partial charge >= 0.3 is 0 Å². The summed E-state index contributed by atoms with van der Waals surface area (Å²) in [5.74, 6) is 2.63. The van der Waals surface area contributed by atoms with Crippen molar-refractivity contribution in [3.05, 3.63) is 29.8 Å². The molecule has 160 valence electrons. The molecule has 2 aliphatic rings. The quantitative estimate of drug-likeness (QED) is 0.580. The fraction of sp³-hybridized carbons (Fsp3) is 0.636. The Labute approximate surface area is 174 Å². The van der Waals surface area contributed by atoms with E-state index in [1.807, 2.05) is 17.0 Å². The zero-order valence-electron chi connectivity index (χ0n) is 18.1. The third-order valence-corrected chi connectivity index (χ3v) is 5.91. The maximum absolute atomic E-state index is 11.5. The molecule has 2 fully saturated rings. The molecule has 2 heterocycles. The van der Waals surface area contributed by atoms with Crippen molar-refractivity contribution < 1.29 is 9.53 Å². The zero-order valence-corrected chi connectivity index (χ0v) is 18.1. The maximum Gasteiger partial charge on any atom is 0.219 e. The molecule has 3 rings (SSSR count). The van der Waals surface area contributed by atoms with Gasteiger partial charge in [-0.3, -0.25) is 14.7 Å². The van der Waals surface area contributed by atoms with Gasteiger partial charge in [0.2, 0.25) is 5.91 Å². The van der Waals surface area contributed by atoms with E-state index in [9.17, 15) is 4.79 Å². The molecule has 2 aliphatic heterocycles. The molecule has 0 aliphatic carbocycles. The largest absolute Gasteiger partial charge is 0.497 e. The highest BCUT2D eigenvalue weighted by Crippen LogP contribution is 2.28. The molecule has 7 nitrogen and oxygen atoms in total. The van der Waals surface area contributed by atoms with Crippen LogP contribution < -0.4 is 10.1 Å². The highest BCUT2D eigenvalue weighted by atomic mass is 16.5. The Balaban J connectivity index is 1.50. The first-order valence-corrected chi connectivity index (χ1v) is 10.8. The molecular formula is C22H35N5O2. The van der Waals surface area contributed by atoms with Crippen molar-refractivity contribution in [2.45, 2.75) is 26.2 Å². The molecule has 1 amide bonds. The molecule has 0 saturated carbocycles. The van der Waals surface area contributed by atoms with E-state index in [2.05, 4.69) is 34.2 Å². The van der Waals surface area contributed by atoms with Gasteiger partial charge in [-0.15, -0.1) is 0 Å². The molecule has 0 spiro atoms. The molecule has 1 aromatic carbocycles. The van der Waals surface area contributed by atoms with Crippen LogP contribution in [-0.4, -0.2) is 92.6 Å². The Kier molecular flexibility index (Phi) is 7.75. The Bertz CT molecular complexity index is 683. The summed E-state index contributed by atoms with van der Waals surface area (Å²) in [5, 5.41) is 3.46. The van der Waals surface area contributed by atoms with Crippen LogP contribution in [0.1, 0.15) is 31.7 Å². The number of rotatable bonds is 6. The van der Waals surface area contributed by atoms with Gasteiger partial charge in [-0.2, -0.15) is 0 Å². The van der Waals surface area contributed by atoms with Crippen LogP contribution >= 0.6 is 0 Å². The van der Waals surface area contributed by atoms with Crippen LogP contribution in [0.5, 0.6) is 5.75 Å². The highest BCUT2D eigenvalue weighted by molar-refractivity contribution is 5.80. The number of aliphatic imine (C=N–C) groups is 1. The van der Waals surface area contributed by atoms with Gasteiger partial charge in [-0.25, -0.2) is 0 Å². The summed E-state index contributed by atoms with van der Waals surface area (Å²) in [4.78, 5) is 23.0. The number of ether oxygens (including phenoxy) is 1. The highest BCUT2D eigenvalue weighted by Gasteiger charge is 2.26. The molecule has 0 bridgehead atoms. The summed E-state index contributed by atoms with van der Waals surface area (Å²) in [6.45, 7) is 11.9. The van der Waals surface area contributed by atoms with Crippen LogP contribution in [-0.2, 0) is 4.79 Å². The summed E-state index contributed by atoms with van der Waals surface area (Å²) in [5.41, 5.74) is 1.37. The van der Waals surface area contributed by atoms with E-state index in [0.717, 1.165) is 77.0 Å². The lowest BCUT2D eigenvalue weighted by Crippen LogP contribution is -2.48. The van der Waals surface area contributed by atoms with E-state index in [1.165, 1.54) is 5.56 Å². The molecule has 2 saturated heterocycles. The van der Waals surface area contributed by atoms with Crippen LogP contribution in [0.25, 0.3) is 0 Å². The van der Waals surface area contributed by atoms with Gasteiger partial charge in [-0.1, -0.05) is 12.1 Å². The molecule has 7 heteroatoms. The Morgan fingerprint density at radius 2 is 1.86 bits per heavy atom. The van der Waals surface area contributed by atoms with Crippen molar-refractivity contribution in [3.8, 4) is 5.75 Å². The number of guanidine groups is 1. The van der Waals surface area contributed by atoms with Crippen molar-refractivity contribution in [3.63, 3.8) is 0 Å². The second-order valence-corrected chi connectivity index (χ2v) is 7.79. The number of piperazine rings is 1. The number of carbonyl (C=O) groups excluding carboxylic acids is 1. The molecule has 1 N–H and O–H groups in total. The summed E-state index contributed by atoms with van der Waals surface area (Å²) in [6.07, 6.45) is 1.14. The molecule has 1 aromatic rings. The minimum Gasteiger partial charge on any atom is -0.497 e. The van der Waals surface area contributed by atoms with Crippen LogP contribution in [0.4, 0.5) is 0 Å². The van der Waals surface area contributed by atoms with Crippen LogP contribution in [0.15, 0.2) is 29.3 Å². The van der Waals surface area contributed by atoms with Gasteiger partial charge in [0.05, 0.1) is 13.7 Å². The van der Waals surface area contributed by atoms with Crippen molar-refractivity contribution in [1.82, 2.24) is 20.0 Å². The van der Waals surface area contributed by atoms with Gasteiger partial charge in [0.15, 0.2) is 5.96 Å². The maximum atomic E-state index is 11.5. The molecule has 0 aromatic heterocycles. The van der Waals surface area contributed by atoms with E-state index >= 15 is 0 Å². The third kappa shape index (κ3) is 5.85. The molecule has 0 radical (unpaired) electrons. The fourth-order valence-corrected chi connectivity index (χ4v) is 4.11. The number of nitrogens with zero attached hydrogens (tertiary/aromatic N) is 4. The first-order chi connectivity index (χ1) is 14.1. The van der Waals surface area contributed by atoms with E-state index in [0.29, 0.717) is 5.92 Å². The number of hydrogen-bond acceptors (Lipinski definition) is 4. The second-order valence-electron chi connectivity index (χ2n) is 7.79. The summed E-state index contributed by atoms with van der Waals surface area (Å²) in [7, 11) is 1.70. The van der Waals surface area contributed by atoms with Crippen LogP contribution in [0, 0.1) is 0 Å². The lowest BCUT2D eigenvalue weighted by Gasteiger charge is -2.33. The Morgan fingerprint density at radius 1 is 1.14 bits per heavy atom. The summed E-state index contributed by atoms with van der Waals surface area (Å²) >= 11 is 0. The third-order valence-electron chi connectivity index (χ3n) is 5.91. The normalized spacial score (nSPS) is 20.8. The molecule has 1 atom stereocenters. The number of nitrogens with one attached hydrogen (secondary N) is 1. The average Bonchev–Trinajstić information content (AvgIpc) is 3.23. The monoisotopic (exact) mass is 401 g/mol. The van der Waals surface area contributed by atoms with Gasteiger partial charge < -0.3 is 19.9 Å². The van der Waals surface area contributed by atoms with Gasteiger partial charge in [-0.05, 0) is 31.0 Å². The molecule has 1 unspecified atom stereocenters. The number of hydrogen-bond donors (Lipinski definition) is 1.